The van der Waals surface area contributed by atoms with Crippen LogP contribution in [0.1, 0.15) is 20.7 Å². The highest BCUT2D eigenvalue weighted by Gasteiger charge is 2.13. The number of carboxylic acids is 1. The topological polar surface area (TPSA) is 92.8 Å². The summed E-state index contributed by atoms with van der Waals surface area (Å²) in [5, 5.41) is 26.6. The summed E-state index contributed by atoms with van der Waals surface area (Å²) in [6.07, 6.45) is 0.689. The minimum atomic E-state index is -1.04. The van der Waals surface area contributed by atoms with Gasteiger partial charge in [-0.2, -0.15) is 0 Å². The lowest BCUT2D eigenvalue weighted by atomic mass is 10.0. The van der Waals surface area contributed by atoms with Crippen molar-refractivity contribution >= 4 is 34.4 Å². The van der Waals surface area contributed by atoms with E-state index in [1.807, 2.05) is 0 Å². The zero-order valence-corrected chi connectivity index (χ0v) is 12.4. The zero-order chi connectivity index (χ0) is 17.1. The number of aromatic carboxylic acids is 1. The van der Waals surface area contributed by atoms with E-state index in [9.17, 15) is 19.9 Å². The zero-order valence-electron chi connectivity index (χ0n) is 12.4. The number of hydrogen-bond acceptors (Lipinski definition) is 4. The molecule has 0 aliphatic heterocycles. The second kappa shape index (κ2) is 6.29. The third-order valence-electron chi connectivity index (χ3n) is 3.58. The van der Waals surface area contributed by atoms with Crippen LogP contribution in [0, 0.1) is 5.21 Å². The van der Waals surface area contributed by atoms with Crippen molar-refractivity contribution in [1.29, 1.82) is 0 Å². The van der Waals surface area contributed by atoms with Crippen molar-refractivity contribution in [2.75, 3.05) is 0 Å². The van der Waals surface area contributed by atoms with Gasteiger partial charge in [-0.05, 0) is 29.7 Å². The molecule has 0 aliphatic rings. The summed E-state index contributed by atoms with van der Waals surface area (Å²) in [4.78, 5) is 22.4. The Kier molecular flexibility index (Phi) is 4.03. The predicted molar refractivity (Wildman–Crippen MR) is 88.1 cm³/mol. The Balaban J connectivity index is 2.10. The molecule has 3 rings (SSSR count). The Morgan fingerprint density at radius 2 is 1.67 bits per heavy atom. The van der Waals surface area contributed by atoms with Crippen LogP contribution >= 0.6 is 0 Å². The van der Waals surface area contributed by atoms with Crippen LogP contribution in [0.5, 0.6) is 0 Å². The van der Waals surface area contributed by atoms with E-state index in [4.69, 9.17) is 0 Å². The maximum Gasteiger partial charge on any atom is 0.336 e. The lowest BCUT2D eigenvalue weighted by Gasteiger charge is -2.05. The van der Waals surface area contributed by atoms with Gasteiger partial charge in [0.05, 0.1) is 5.56 Å². The Labute approximate surface area is 136 Å². The molecule has 6 heteroatoms. The van der Waals surface area contributed by atoms with Crippen LogP contribution in [0.3, 0.4) is 0 Å². The highest BCUT2D eigenvalue weighted by Crippen LogP contribution is 2.30. The number of azo groups is 1. The second-order valence-corrected chi connectivity index (χ2v) is 5.07. The molecule has 1 N–H and O–H groups in total. The smallest absolute Gasteiger partial charge is 0.336 e. The van der Waals surface area contributed by atoms with Gasteiger partial charge in [0.25, 0.3) is 0 Å². The van der Waals surface area contributed by atoms with Crippen molar-refractivity contribution in [2.45, 2.75) is 0 Å². The van der Waals surface area contributed by atoms with E-state index >= 15 is 0 Å². The number of aldehydes is 1. The van der Waals surface area contributed by atoms with E-state index in [1.165, 1.54) is 36.4 Å². The fourth-order valence-electron chi connectivity index (χ4n) is 2.39. The molecular weight excluding hydrogens is 308 g/mol. The number of benzene rings is 3. The maximum absolute atomic E-state index is 12.2. The van der Waals surface area contributed by atoms with Gasteiger partial charge in [-0.1, -0.05) is 29.1 Å². The molecule has 0 fully saturated rings. The first-order valence-corrected chi connectivity index (χ1v) is 7.09. The van der Waals surface area contributed by atoms with Crippen molar-refractivity contribution in [3.8, 4) is 0 Å². The van der Waals surface area contributed by atoms with E-state index in [1.54, 1.807) is 24.3 Å². The Morgan fingerprint density at radius 1 is 1.00 bits per heavy atom. The summed E-state index contributed by atoms with van der Waals surface area (Å²) in [5.74, 6) is -1.04. The van der Waals surface area contributed by atoms with Crippen molar-refractivity contribution < 1.29 is 19.6 Å². The molecule has 0 saturated carbocycles. The molecule has 3 aromatic rings. The number of carbonyl (C=O) groups is 2. The van der Waals surface area contributed by atoms with Gasteiger partial charge < -0.3 is 10.3 Å². The minimum Gasteiger partial charge on any atom is -0.594 e. The highest BCUT2D eigenvalue weighted by molar-refractivity contribution is 6.07. The van der Waals surface area contributed by atoms with E-state index in [-0.39, 0.29) is 11.3 Å². The Morgan fingerprint density at radius 3 is 2.29 bits per heavy atom. The van der Waals surface area contributed by atoms with Crippen LogP contribution in [-0.4, -0.2) is 22.2 Å². The van der Waals surface area contributed by atoms with Crippen LogP contribution in [0.4, 0.5) is 11.4 Å². The lowest BCUT2D eigenvalue weighted by Crippen LogP contribution is -1.97. The minimum absolute atomic E-state index is 0.150. The van der Waals surface area contributed by atoms with Crippen molar-refractivity contribution in [3.63, 3.8) is 0 Å². The number of fused-ring (bicyclic) bond motifs is 1. The largest absolute Gasteiger partial charge is 0.594 e. The summed E-state index contributed by atoms with van der Waals surface area (Å²) in [7, 11) is 0. The van der Waals surface area contributed by atoms with E-state index in [0.717, 1.165) is 0 Å². The van der Waals surface area contributed by atoms with Gasteiger partial charge in [-0.3, -0.25) is 4.79 Å². The quantitative estimate of drug-likeness (QED) is 0.336. The molecule has 0 bridgehead atoms. The van der Waals surface area contributed by atoms with Crippen LogP contribution in [0.2, 0.25) is 0 Å². The molecular formula is C18H12N2O4. The third kappa shape index (κ3) is 2.85. The van der Waals surface area contributed by atoms with Gasteiger partial charge in [0.1, 0.15) is 12.0 Å². The molecule has 3 aromatic carbocycles. The number of rotatable bonds is 4. The number of carboxylic acid groups (broad SMARTS) is 1. The summed E-state index contributed by atoms with van der Waals surface area (Å²) in [6, 6.07) is 15.8. The second-order valence-electron chi connectivity index (χ2n) is 5.07. The van der Waals surface area contributed by atoms with Crippen LogP contribution in [0.15, 0.2) is 65.8 Å². The van der Waals surface area contributed by atoms with Gasteiger partial charge in [0.2, 0.25) is 5.69 Å². The highest BCUT2D eigenvalue weighted by atomic mass is 16.5. The van der Waals surface area contributed by atoms with Gasteiger partial charge in [0.15, 0.2) is 0 Å². The SMILES string of the molecule is O=Cc1ccc([N+]([O-])=Nc2ccc(C(=O)O)c3ccccc23)cc1. The number of carbonyl (C=O) groups excluding carboxylic acids is 1. The van der Waals surface area contributed by atoms with Crippen molar-refractivity contribution in [1.82, 2.24) is 0 Å². The van der Waals surface area contributed by atoms with Gasteiger partial charge in [0, 0.05) is 28.2 Å². The molecule has 0 spiro atoms. The van der Waals surface area contributed by atoms with Crippen LogP contribution < -0.4 is 0 Å². The lowest BCUT2D eigenvalue weighted by molar-refractivity contribution is -0.435. The number of nitrogens with zero attached hydrogens (tertiary/aromatic N) is 2. The first kappa shape index (κ1) is 15.4. The maximum atomic E-state index is 12.2. The summed E-state index contributed by atoms with van der Waals surface area (Å²) in [6.45, 7) is 0. The first-order valence-electron chi connectivity index (χ1n) is 7.09. The molecule has 0 atom stereocenters. The standard InChI is InChI=1S/C18H12N2O4/c21-11-12-5-7-13(8-6-12)20(24)19-17-10-9-16(18(22)23)14-3-1-2-4-15(14)17/h1-11H,(H,22,23). The summed E-state index contributed by atoms with van der Waals surface area (Å²) >= 11 is 0. The average molecular weight is 320 g/mol. The molecule has 0 amide bonds. The van der Waals surface area contributed by atoms with E-state index < -0.39 is 5.97 Å². The van der Waals surface area contributed by atoms with E-state index in [2.05, 4.69) is 5.11 Å². The van der Waals surface area contributed by atoms with Crippen LogP contribution in [0.25, 0.3) is 10.8 Å². The third-order valence-corrected chi connectivity index (χ3v) is 3.58. The van der Waals surface area contributed by atoms with Gasteiger partial charge >= 0.3 is 5.97 Å². The molecule has 0 aromatic heterocycles. The fraction of sp³-hybridized carbons (Fsp3) is 0. The molecule has 0 unspecified atom stereocenters. The molecule has 24 heavy (non-hydrogen) atoms. The Hall–Kier alpha value is -3.54. The number of hydrogen-bond donors (Lipinski definition) is 1. The Bertz CT molecular complexity index is 962. The summed E-state index contributed by atoms with van der Waals surface area (Å²) in [5.41, 5.74) is 1.25. The molecule has 0 aliphatic carbocycles. The monoisotopic (exact) mass is 320 g/mol. The fourth-order valence-corrected chi connectivity index (χ4v) is 2.39. The van der Waals surface area contributed by atoms with E-state index in [0.29, 0.717) is 33.2 Å². The van der Waals surface area contributed by atoms with Gasteiger partial charge in [-0.15, -0.1) is 0 Å². The predicted octanol–water partition coefficient (Wildman–Crippen LogP) is 4.28. The molecule has 118 valence electrons. The molecule has 0 radical (unpaired) electrons. The average Bonchev–Trinajstić information content (AvgIpc) is 2.61. The summed E-state index contributed by atoms with van der Waals surface area (Å²) < 4.78 is 0. The molecule has 6 nitrogen and oxygen atoms in total. The van der Waals surface area contributed by atoms with Gasteiger partial charge in [-0.25, -0.2) is 4.79 Å². The normalized spacial score (nSPS) is 11.4. The first-order chi connectivity index (χ1) is 11.6. The molecule has 0 saturated heterocycles. The van der Waals surface area contributed by atoms with Crippen molar-refractivity contribution in [2.24, 2.45) is 5.11 Å². The van der Waals surface area contributed by atoms with Crippen LogP contribution in [-0.2, 0) is 0 Å². The molecule has 0 heterocycles. The van der Waals surface area contributed by atoms with Crippen molar-refractivity contribution in [3.05, 3.63) is 77.0 Å².